The summed E-state index contributed by atoms with van der Waals surface area (Å²) in [4.78, 5) is 14.3. The lowest BCUT2D eigenvalue weighted by Crippen LogP contribution is -2.31. The van der Waals surface area contributed by atoms with Crippen LogP contribution in [-0.2, 0) is 11.2 Å². The van der Waals surface area contributed by atoms with E-state index >= 15 is 0 Å². The molecule has 5 nitrogen and oxygen atoms in total. The molecular weight excluding hydrogens is 290 g/mol. The number of amides is 2. The van der Waals surface area contributed by atoms with Crippen molar-refractivity contribution in [3.8, 4) is 0 Å². The first-order valence-corrected chi connectivity index (χ1v) is 8.63. The van der Waals surface area contributed by atoms with E-state index < -0.39 is 0 Å². The number of ether oxygens (including phenoxy) is 1. The zero-order valence-electron chi connectivity index (χ0n) is 14.1. The fourth-order valence-corrected chi connectivity index (χ4v) is 2.82. The molecule has 1 aliphatic heterocycles. The van der Waals surface area contributed by atoms with Gasteiger partial charge in [-0.2, -0.15) is 0 Å². The highest BCUT2D eigenvalue weighted by Gasteiger charge is 2.09. The van der Waals surface area contributed by atoms with Gasteiger partial charge in [-0.05, 0) is 56.5 Å². The van der Waals surface area contributed by atoms with Crippen LogP contribution in [0, 0.1) is 0 Å². The van der Waals surface area contributed by atoms with Crippen LogP contribution >= 0.6 is 0 Å². The molecule has 0 aromatic heterocycles. The van der Waals surface area contributed by atoms with Crippen molar-refractivity contribution in [3.63, 3.8) is 0 Å². The Bertz CT molecular complexity index is 456. The van der Waals surface area contributed by atoms with Crippen molar-refractivity contribution in [1.29, 1.82) is 0 Å². The third-order valence-corrected chi connectivity index (χ3v) is 4.19. The summed E-state index contributed by atoms with van der Waals surface area (Å²) in [6.45, 7) is 4.89. The van der Waals surface area contributed by atoms with Gasteiger partial charge in [0.2, 0.25) is 0 Å². The molecule has 1 saturated heterocycles. The molecule has 1 heterocycles. The third kappa shape index (κ3) is 7.01. The molecule has 2 rings (SSSR count). The Morgan fingerprint density at radius 1 is 1.17 bits per heavy atom. The van der Waals surface area contributed by atoms with Gasteiger partial charge >= 0.3 is 6.03 Å². The molecular formula is C18H29N3O2. The molecule has 2 amide bonds. The number of carbonyl (C=O) groups is 1. The van der Waals surface area contributed by atoms with E-state index in [1.165, 1.54) is 37.9 Å². The molecule has 5 heteroatoms. The highest BCUT2D eigenvalue weighted by molar-refractivity contribution is 5.89. The molecule has 0 spiro atoms. The number of piperidine rings is 1. The fraction of sp³-hybridized carbons (Fsp3) is 0.611. The smallest absolute Gasteiger partial charge is 0.319 e. The number of carbonyl (C=O) groups excluding carboxylic acids is 1. The van der Waals surface area contributed by atoms with Gasteiger partial charge in [0.15, 0.2) is 0 Å². The van der Waals surface area contributed by atoms with Crippen molar-refractivity contribution in [2.45, 2.75) is 32.1 Å². The largest absolute Gasteiger partial charge is 0.385 e. The van der Waals surface area contributed by atoms with E-state index in [-0.39, 0.29) is 6.03 Å². The van der Waals surface area contributed by atoms with Crippen LogP contribution in [-0.4, -0.2) is 50.8 Å². The molecule has 0 bridgehead atoms. The number of anilines is 1. The molecule has 1 aromatic rings. The summed E-state index contributed by atoms with van der Waals surface area (Å²) in [6, 6.07) is 7.98. The van der Waals surface area contributed by atoms with Gasteiger partial charge in [0.1, 0.15) is 0 Å². The maximum atomic E-state index is 11.7. The molecule has 0 unspecified atom stereocenters. The maximum absolute atomic E-state index is 11.7. The fourth-order valence-electron chi connectivity index (χ4n) is 2.82. The monoisotopic (exact) mass is 319 g/mol. The Morgan fingerprint density at radius 2 is 1.91 bits per heavy atom. The quantitative estimate of drug-likeness (QED) is 0.725. The number of hydrogen-bond donors (Lipinski definition) is 2. The summed E-state index contributed by atoms with van der Waals surface area (Å²) in [5.74, 6) is 0. The second kappa shape index (κ2) is 10.2. The minimum Gasteiger partial charge on any atom is -0.385 e. The first-order valence-electron chi connectivity index (χ1n) is 8.63. The van der Waals surface area contributed by atoms with E-state index in [0.717, 1.165) is 25.1 Å². The first-order chi connectivity index (χ1) is 11.3. The molecule has 2 N–H and O–H groups in total. The lowest BCUT2D eigenvalue weighted by molar-refractivity contribution is 0.194. The Labute approximate surface area is 139 Å². The Balaban J connectivity index is 1.68. The summed E-state index contributed by atoms with van der Waals surface area (Å²) in [5.41, 5.74) is 2.15. The SMILES string of the molecule is COCCCNC(=O)Nc1ccc(CCN2CCCCC2)cc1. The van der Waals surface area contributed by atoms with Gasteiger partial charge < -0.3 is 20.3 Å². The number of hydrogen-bond acceptors (Lipinski definition) is 3. The van der Waals surface area contributed by atoms with Gasteiger partial charge in [-0.15, -0.1) is 0 Å². The van der Waals surface area contributed by atoms with Gasteiger partial charge in [0.05, 0.1) is 0 Å². The zero-order valence-corrected chi connectivity index (χ0v) is 14.1. The van der Waals surface area contributed by atoms with Gasteiger partial charge in [-0.1, -0.05) is 18.6 Å². The minimum absolute atomic E-state index is 0.165. The van der Waals surface area contributed by atoms with Gasteiger partial charge in [0, 0.05) is 32.5 Å². The number of likely N-dealkylation sites (tertiary alicyclic amines) is 1. The van der Waals surface area contributed by atoms with Crippen LogP contribution in [0.5, 0.6) is 0 Å². The van der Waals surface area contributed by atoms with Crippen molar-refractivity contribution in [1.82, 2.24) is 10.2 Å². The predicted molar refractivity (Wildman–Crippen MR) is 94.0 cm³/mol. The van der Waals surface area contributed by atoms with Crippen molar-refractivity contribution in [2.75, 3.05) is 45.2 Å². The average molecular weight is 319 g/mol. The van der Waals surface area contributed by atoms with Crippen LogP contribution in [0.15, 0.2) is 24.3 Å². The first kappa shape index (κ1) is 17.8. The van der Waals surface area contributed by atoms with Crippen LogP contribution in [0.2, 0.25) is 0 Å². The summed E-state index contributed by atoms with van der Waals surface area (Å²) in [6.07, 6.45) is 5.94. The minimum atomic E-state index is -0.165. The molecule has 0 aliphatic carbocycles. The van der Waals surface area contributed by atoms with E-state index in [0.29, 0.717) is 13.2 Å². The Hall–Kier alpha value is -1.59. The topological polar surface area (TPSA) is 53.6 Å². The predicted octanol–water partition coefficient (Wildman–Crippen LogP) is 2.87. The van der Waals surface area contributed by atoms with Crippen LogP contribution < -0.4 is 10.6 Å². The van der Waals surface area contributed by atoms with E-state index in [4.69, 9.17) is 4.74 Å². The van der Waals surface area contributed by atoms with Crippen molar-refractivity contribution in [2.24, 2.45) is 0 Å². The molecule has 128 valence electrons. The van der Waals surface area contributed by atoms with Gasteiger partial charge in [0.25, 0.3) is 0 Å². The summed E-state index contributed by atoms with van der Waals surface area (Å²) in [5, 5.41) is 5.66. The summed E-state index contributed by atoms with van der Waals surface area (Å²) >= 11 is 0. The second-order valence-corrected chi connectivity index (χ2v) is 6.08. The molecule has 1 aliphatic rings. The number of nitrogens with zero attached hydrogens (tertiary/aromatic N) is 1. The maximum Gasteiger partial charge on any atom is 0.319 e. The summed E-state index contributed by atoms with van der Waals surface area (Å²) in [7, 11) is 1.66. The molecule has 1 aromatic carbocycles. The zero-order chi connectivity index (χ0) is 16.3. The van der Waals surface area contributed by atoms with E-state index in [9.17, 15) is 4.79 Å². The van der Waals surface area contributed by atoms with Gasteiger partial charge in [-0.3, -0.25) is 0 Å². The molecule has 0 radical (unpaired) electrons. The summed E-state index contributed by atoms with van der Waals surface area (Å²) < 4.78 is 4.95. The van der Waals surface area contributed by atoms with E-state index in [1.807, 2.05) is 12.1 Å². The number of urea groups is 1. The molecule has 23 heavy (non-hydrogen) atoms. The van der Waals surface area contributed by atoms with Crippen LogP contribution in [0.4, 0.5) is 10.5 Å². The second-order valence-electron chi connectivity index (χ2n) is 6.08. The average Bonchev–Trinajstić information content (AvgIpc) is 2.59. The molecule has 1 fully saturated rings. The van der Waals surface area contributed by atoms with E-state index in [2.05, 4.69) is 27.7 Å². The van der Waals surface area contributed by atoms with Gasteiger partial charge in [-0.25, -0.2) is 4.79 Å². The van der Waals surface area contributed by atoms with Crippen molar-refractivity contribution < 1.29 is 9.53 Å². The standard InChI is InChI=1S/C18H29N3O2/c1-23-15-5-11-19-18(22)20-17-8-6-16(7-9-17)10-14-21-12-3-2-4-13-21/h6-9H,2-5,10-15H2,1H3,(H2,19,20,22). The Morgan fingerprint density at radius 3 is 2.61 bits per heavy atom. The van der Waals surface area contributed by atoms with Crippen molar-refractivity contribution >= 4 is 11.7 Å². The van der Waals surface area contributed by atoms with Crippen molar-refractivity contribution in [3.05, 3.63) is 29.8 Å². The van der Waals surface area contributed by atoms with Crippen LogP contribution in [0.25, 0.3) is 0 Å². The molecule has 0 atom stereocenters. The number of rotatable bonds is 8. The third-order valence-electron chi connectivity index (χ3n) is 4.19. The van der Waals surface area contributed by atoms with E-state index in [1.54, 1.807) is 7.11 Å². The van der Waals surface area contributed by atoms with Crippen LogP contribution in [0.3, 0.4) is 0 Å². The number of benzene rings is 1. The molecule has 0 saturated carbocycles. The van der Waals surface area contributed by atoms with Crippen LogP contribution in [0.1, 0.15) is 31.2 Å². The lowest BCUT2D eigenvalue weighted by Gasteiger charge is -2.26. The Kier molecular flexibility index (Phi) is 7.90. The number of nitrogens with one attached hydrogen (secondary N) is 2. The number of methoxy groups -OCH3 is 1. The highest BCUT2D eigenvalue weighted by atomic mass is 16.5. The normalized spacial score (nSPS) is 15.3. The highest BCUT2D eigenvalue weighted by Crippen LogP contribution is 2.12. The lowest BCUT2D eigenvalue weighted by atomic mass is 10.1.